The summed E-state index contributed by atoms with van der Waals surface area (Å²) in [4.78, 5) is 37.2. The number of imide groups is 2. The Bertz CT molecular complexity index is 874. The number of aromatic hydroxyl groups is 1. The molecule has 0 unspecified atom stereocenters. The Kier molecular flexibility index (Phi) is 3.83. The lowest BCUT2D eigenvalue weighted by atomic mass is 10.1. The molecule has 7 heteroatoms. The van der Waals surface area contributed by atoms with Crippen LogP contribution in [0.4, 0.5) is 14.9 Å². The zero-order valence-corrected chi connectivity index (χ0v) is 12.2. The van der Waals surface area contributed by atoms with E-state index in [2.05, 4.69) is 5.32 Å². The van der Waals surface area contributed by atoms with Gasteiger partial charge in [-0.3, -0.25) is 14.9 Å². The number of phenols is 1. The third kappa shape index (κ3) is 2.87. The molecule has 0 saturated carbocycles. The van der Waals surface area contributed by atoms with E-state index < -0.39 is 23.7 Å². The molecule has 1 fully saturated rings. The maximum absolute atomic E-state index is 13.0. The molecular formula is C17H11FN2O4. The monoisotopic (exact) mass is 326 g/mol. The van der Waals surface area contributed by atoms with Crippen molar-refractivity contribution in [1.29, 1.82) is 0 Å². The largest absolute Gasteiger partial charge is 0.508 e. The summed E-state index contributed by atoms with van der Waals surface area (Å²) in [5.41, 5.74) is 0.277. The van der Waals surface area contributed by atoms with Crippen LogP contribution in [0.2, 0.25) is 0 Å². The zero-order valence-electron chi connectivity index (χ0n) is 12.2. The van der Waals surface area contributed by atoms with Gasteiger partial charge in [0.15, 0.2) is 0 Å². The van der Waals surface area contributed by atoms with Crippen LogP contribution >= 0.6 is 0 Å². The highest BCUT2D eigenvalue weighted by molar-refractivity contribution is 6.39. The number of carbonyl (C=O) groups excluding carboxylic acids is 3. The summed E-state index contributed by atoms with van der Waals surface area (Å²) < 4.78 is 13.0. The number of hydrogen-bond acceptors (Lipinski definition) is 4. The van der Waals surface area contributed by atoms with Crippen molar-refractivity contribution < 1.29 is 23.9 Å². The van der Waals surface area contributed by atoms with Crippen LogP contribution in [0.15, 0.2) is 54.1 Å². The second kappa shape index (κ2) is 5.96. The van der Waals surface area contributed by atoms with Gasteiger partial charge in [0.05, 0.1) is 5.69 Å². The molecule has 4 amide bonds. The molecule has 2 N–H and O–H groups in total. The topological polar surface area (TPSA) is 86.7 Å². The number of amides is 4. The van der Waals surface area contributed by atoms with E-state index in [-0.39, 0.29) is 17.0 Å². The van der Waals surface area contributed by atoms with Crippen molar-refractivity contribution in [3.63, 3.8) is 0 Å². The highest BCUT2D eigenvalue weighted by Gasteiger charge is 2.36. The minimum Gasteiger partial charge on any atom is -0.508 e. The van der Waals surface area contributed by atoms with Crippen LogP contribution < -0.4 is 10.2 Å². The standard InChI is InChI=1S/C17H11FN2O4/c18-11-4-6-12(7-5-11)20-16(23)14(15(22)19-17(20)24)9-10-2-1-3-13(21)8-10/h1-9,21H,(H,19,22,24)/b14-9+. The van der Waals surface area contributed by atoms with Gasteiger partial charge in [-0.25, -0.2) is 14.1 Å². The SMILES string of the molecule is O=C1NC(=O)N(c2ccc(F)cc2)C(=O)/C1=C/c1cccc(O)c1. The van der Waals surface area contributed by atoms with Crippen molar-refractivity contribution >= 4 is 29.6 Å². The molecule has 0 aliphatic carbocycles. The second-order valence-electron chi connectivity index (χ2n) is 5.03. The van der Waals surface area contributed by atoms with E-state index in [0.717, 1.165) is 17.0 Å². The summed E-state index contributed by atoms with van der Waals surface area (Å²) in [6.45, 7) is 0. The van der Waals surface area contributed by atoms with Crippen LogP contribution in [0.5, 0.6) is 5.75 Å². The van der Waals surface area contributed by atoms with Crippen molar-refractivity contribution in [2.45, 2.75) is 0 Å². The Hall–Kier alpha value is -3.48. The van der Waals surface area contributed by atoms with E-state index in [4.69, 9.17) is 0 Å². The third-order valence-corrected chi connectivity index (χ3v) is 3.37. The Morgan fingerprint density at radius 2 is 1.75 bits per heavy atom. The summed E-state index contributed by atoms with van der Waals surface area (Å²) in [5.74, 6) is -2.22. The summed E-state index contributed by atoms with van der Waals surface area (Å²) >= 11 is 0. The zero-order chi connectivity index (χ0) is 17.3. The number of carbonyl (C=O) groups is 3. The summed E-state index contributed by atoms with van der Waals surface area (Å²) in [6.07, 6.45) is 1.26. The predicted molar refractivity (Wildman–Crippen MR) is 83.5 cm³/mol. The van der Waals surface area contributed by atoms with E-state index in [1.807, 2.05) is 0 Å². The van der Waals surface area contributed by atoms with Crippen molar-refractivity contribution in [1.82, 2.24) is 5.32 Å². The van der Waals surface area contributed by atoms with Gasteiger partial charge in [0.25, 0.3) is 11.8 Å². The maximum Gasteiger partial charge on any atom is 0.335 e. The van der Waals surface area contributed by atoms with Crippen LogP contribution in [0.25, 0.3) is 6.08 Å². The van der Waals surface area contributed by atoms with E-state index >= 15 is 0 Å². The first-order valence-electron chi connectivity index (χ1n) is 6.92. The van der Waals surface area contributed by atoms with Crippen molar-refractivity contribution in [3.05, 3.63) is 65.5 Å². The molecule has 0 atom stereocenters. The number of barbiturate groups is 1. The number of anilines is 1. The molecule has 3 rings (SSSR count). The molecule has 0 aromatic heterocycles. The van der Waals surface area contributed by atoms with Gasteiger partial charge >= 0.3 is 6.03 Å². The first-order valence-corrected chi connectivity index (χ1v) is 6.92. The fraction of sp³-hybridized carbons (Fsp3) is 0. The molecule has 2 aromatic carbocycles. The Morgan fingerprint density at radius 1 is 1.04 bits per heavy atom. The first-order chi connectivity index (χ1) is 11.5. The Labute approximate surface area is 135 Å². The van der Waals surface area contributed by atoms with Gasteiger partial charge in [0.1, 0.15) is 17.1 Å². The number of halogens is 1. The van der Waals surface area contributed by atoms with Gasteiger partial charge in [-0.1, -0.05) is 12.1 Å². The average Bonchev–Trinajstić information content (AvgIpc) is 2.53. The van der Waals surface area contributed by atoms with Gasteiger partial charge in [0.2, 0.25) is 0 Å². The van der Waals surface area contributed by atoms with Crippen LogP contribution in [0.3, 0.4) is 0 Å². The Morgan fingerprint density at radius 3 is 2.42 bits per heavy atom. The number of nitrogens with zero attached hydrogens (tertiary/aromatic N) is 1. The summed E-state index contributed by atoms with van der Waals surface area (Å²) in [5, 5.41) is 11.5. The second-order valence-corrected chi connectivity index (χ2v) is 5.03. The van der Waals surface area contributed by atoms with Gasteiger partial charge in [0, 0.05) is 0 Å². The van der Waals surface area contributed by atoms with Crippen LogP contribution in [0, 0.1) is 5.82 Å². The summed E-state index contributed by atoms with van der Waals surface area (Å²) in [7, 11) is 0. The number of rotatable bonds is 2. The maximum atomic E-state index is 13.0. The lowest BCUT2D eigenvalue weighted by Crippen LogP contribution is -2.54. The Balaban J connectivity index is 2.01. The predicted octanol–water partition coefficient (Wildman–Crippen LogP) is 2.20. The third-order valence-electron chi connectivity index (χ3n) is 3.37. The number of benzene rings is 2. The number of nitrogens with one attached hydrogen (secondary N) is 1. The van der Waals surface area contributed by atoms with Gasteiger partial charge in [-0.15, -0.1) is 0 Å². The van der Waals surface area contributed by atoms with Crippen molar-refractivity contribution in [2.24, 2.45) is 0 Å². The normalized spacial score (nSPS) is 16.5. The molecular weight excluding hydrogens is 315 g/mol. The van der Waals surface area contributed by atoms with Crippen LogP contribution in [-0.2, 0) is 9.59 Å². The molecule has 0 radical (unpaired) electrons. The molecule has 2 aromatic rings. The lowest BCUT2D eigenvalue weighted by molar-refractivity contribution is -0.122. The first kappa shape index (κ1) is 15.4. The van der Waals surface area contributed by atoms with Crippen molar-refractivity contribution in [3.8, 4) is 5.75 Å². The molecule has 1 heterocycles. The van der Waals surface area contributed by atoms with Gasteiger partial charge in [-0.05, 0) is 48.0 Å². The van der Waals surface area contributed by atoms with E-state index in [1.54, 1.807) is 12.1 Å². The molecule has 0 bridgehead atoms. The quantitative estimate of drug-likeness (QED) is 0.654. The van der Waals surface area contributed by atoms with Crippen LogP contribution in [0.1, 0.15) is 5.56 Å². The molecule has 6 nitrogen and oxygen atoms in total. The van der Waals surface area contributed by atoms with Gasteiger partial charge in [-0.2, -0.15) is 0 Å². The molecule has 1 aliphatic heterocycles. The van der Waals surface area contributed by atoms with E-state index in [0.29, 0.717) is 5.56 Å². The fourth-order valence-corrected chi connectivity index (χ4v) is 2.26. The number of hydrogen-bond donors (Lipinski definition) is 2. The van der Waals surface area contributed by atoms with E-state index in [1.165, 1.54) is 30.3 Å². The smallest absolute Gasteiger partial charge is 0.335 e. The fourth-order valence-electron chi connectivity index (χ4n) is 2.26. The minimum atomic E-state index is -0.912. The van der Waals surface area contributed by atoms with Crippen LogP contribution in [-0.4, -0.2) is 23.0 Å². The van der Waals surface area contributed by atoms with Crippen molar-refractivity contribution in [2.75, 3.05) is 4.90 Å². The number of urea groups is 1. The highest BCUT2D eigenvalue weighted by Crippen LogP contribution is 2.22. The van der Waals surface area contributed by atoms with E-state index in [9.17, 15) is 23.9 Å². The molecule has 1 aliphatic rings. The molecule has 1 saturated heterocycles. The summed E-state index contributed by atoms with van der Waals surface area (Å²) in [6, 6.07) is 9.76. The molecule has 120 valence electrons. The minimum absolute atomic E-state index is 0.0283. The average molecular weight is 326 g/mol. The lowest BCUT2D eigenvalue weighted by Gasteiger charge is -2.26. The molecule has 0 spiro atoms. The van der Waals surface area contributed by atoms with Gasteiger partial charge < -0.3 is 5.11 Å². The molecule has 24 heavy (non-hydrogen) atoms. The highest BCUT2D eigenvalue weighted by atomic mass is 19.1. The number of phenolic OH excluding ortho intramolecular Hbond substituents is 1.